The van der Waals surface area contributed by atoms with Crippen molar-refractivity contribution in [2.45, 2.75) is 57.6 Å². The summed E-state index contributed by atoms with van der Waals surface area (Å²) >= 11 is 0. The van der Waals surface area contributed by atoms with Gasteiger partial charge in [0.2, 0.25) is 0 Å². The molecule has 0 aromatic heterocycles. The molecule has 0 saturated carbocycles. The van der Waals surface area contributed by atoms with Crippen molar-refractivity contribution in [3.05, 3.63) is 58.7 Å². The Morgan fingerprint density at radius 3 is 2.67 bits per heavy atom. The van der Waals surface area contributed by atoms with Crippen LogP contribution in [0.5, 0.6) is 11.5 Å². The first-order valence-electron chi connectivity index (χ1n) is 9.75. The highest BCUT2D eigenvalue weighted by molar-refractivity contribution is 5.94. The Kier molecular flexibility index (Phi) is 4.58. The van der Waals surface area contributed by atoms with Crippen LogP contribution in [0.1, 0.15) is 66.2 Å². The number of methoxy groups -OCH3 is 1. The fourth-order valence-electron chi connectivity index (χ4n) is 4.20. The van der Waals surface area contributed by atoms with E-state index in [2.05, 4.69) is 17.4 Å². The number of hydrogen-bond acceptors (Lipinski definition) is 3. The van der Waals surface area contributed by atoms with Crippen molar-refractivity contribution in [1.82, 2.24) is 5.32 Å². The molecule has 0 spiro atoms. The molecule has 4 heteroatoms. The lowest BCUT2D eigenvalue weighted by atomic mass is 9.88. The first-order valence-corrected chi connectivity index (χ1v) is 9.75. The molecule has 0 bridgehead atoms. The lowest BCUT2D eigenvalue weighted by Gasteiger charge is -2.38. The maximum atomic E-state index is 13.0. The molecule has 4 nitrogen and oxygen atoms in total. The molecule has 1 aliphatic carbocycles. The lowest BCUT2D eigenvalue weighted by molar-refractivity contribution is 0.0617. The molecule has 1 aliphatic heterocycles. The SMILES string of the molecule is COc1ccc2c(c1)OC(C)(C)C[C@H]2NC(=O)c1ccc2c(c1)CCCC2. The number of rotatable bonds is 3. The molecule has 0 unspecified atom stereocenters. The molecule has 1 heterocycles. The summed E-state index contributed by atoms with van der Waals surface area (Å²) in [5.41, 5.74) is 4.11. The van der Waals surface area contributed by atoms with E-state index in [-0.39, 0.29) is 17.6 Å². The highest BCUT2D eigenvalue weighted by atomic mass is 16.5. The van der Waals surface area contributed by atoms with Gasteiger partial charge < -0.3 is 14.8 Å². The van der Waals surface area contributed by atoms with Gasteiger partial charge in [-0.05, 0) is 74.9 Å². The van der Waals surface area contributed by atoms with Crippen LogP contribution in [0.4, 0.5) is 0 Å². The molecule has 142 valence electrons. The summed E-state index contributed by atoms with van der Waals surface area (Å²) in [6, 6.07) is 11.9. The van der Waals surface area contributed by atoms with Gasteiger partial charge in [-0.15, -0.1) is 0 Å². The maximum Gasteiger partial charge on any atom is 0.251 e. The number of benzene rings is 2. The molecule has 2 aliphatic rings. The van der Waals surface area contributed by atoms with Crippen molar-refractivity contribution < 1.29 is 14.3 Å². The third kappa shape index (κ3) is 3.66. The summed E-state index contributed by atoms with van der Waals surface area (Å²) in [7, 11) is 1.64. The number of fused-ring (bicyclic) bond motifs is 2. The summed E-state index contributed by atoms with van der Waals surface area (Å²) < 4.78 is 11.4. The fraction of sp³-hybridized carbons (Fsp3) is 0.435. The van der Waals surface area contributed by atoms with Crippen LogP contribution in [-0.2, 0) is 12.8 Å². The Morgan fingerprint density at radius 2 is 1.89 bits per heavy atom. The minimum Gasteiger partial charge on any atom is -0.497 e. The predicted molar refractivity (Wildman–Crippen MR) is 106 cm³/mol. The topological polar surface area (TPSA) is 47.6 Å². The van der Waals surface area contributed by atoms with Crippen molar-refractivity contribution >= 4 is 5.91 Å². The number of aryl methyl sites for hydroxylation is 2. The van der Waals surface area contributed by atoms with E-state index in [1.54, 1.807) is 7.11 Å². The molecular weight excluding hydrogens is 338 g/mol. The summed E-state index contributed by atoms with van der Waals surface area (Å²) in [6.45, 7) is 4.10. The number of carbonyl (C=O) groups is 1. The Balaban J connectivity index is 1.59. The minimum absolute atomic E-state index is 0.0205. The van der Waals surface area contributed by atoms with Crippen LogP contribution in [0.15, 0.2) is 36.4 Å². The van der Waals surface area contributed by atoms with Crippen molar-refractivity contribution in [3.8, 4) is 11.5 Å². The van der Waals surface area contributed by atoms with E-state index in [4.69, 9.17) is 9.47 Å². The van der Waals surface area contributed by atoms with Gasteiger partial charge in [0.05, 0.1) is 13.2 Å². The van der Waals surface area contributed by atoms with Gasteiger partial charge >= 0.3 is 0 Å². The van der Waals surface area contributed by atoms with Gasteiger partial charge in [-0.2, -0.15) is 0 Å². The van der Waals surface area contributed by atoms with Gasteiger partial charge in [0.25, 0.3) is 5.91 Å². The zero-order chi connectivity index (χ0) is 19.0. The quantitative estimate of drug-likeness (QED) is 0.864. The molecule has 0 fully saturated rings. The van der Waals surface area contributed by atoms with E-state index >= 15 is 0 Å². The monoisotopic (exact) mass is 365 g/mol. The van der Waals surface area contributed by atoms with E-state index in [9.17, 15) is 4.79 Å². The molecule has 0 radical (unpaired) electrons. The Morgan fingerprint density at radius 1 is 1.11 bits per heavy atom. The van der Waals surface area contributed by atoms with Gasteiger partial charge in [0, 0.05) is 23.6 Å². The van der Waals surface area contributed by atoms with Crippen LogP contribution in [-0.4, -0.2) is 18.6 Å². The molecule has 2 aromatic carbocycles. The predicted octanol–water partition coefficient (Wildman–Crippen LogP) is 4.61. The number of ether oxygens (including phenoxy) is 2. The lowest BCUT2D eigenvalue weighted by Crippen LogP contribution is -2.41. The Hall–Kier alpha value is -2.49. The smallest absolute Gasteiger partial charge is 0.251 e. The number of amides is 1. The number of nitrogens with one attached hydrogen (secondary N) is 1. The molecule has 2 aromatic rings. The van der Waals surface area contributed by atoms with E-state index in [0.717, 1.165) is 41.9 Å². The van der Waals surface area contributed by atoms with Crippen molar-refractivity contribution in [2.75, 3.05) is 7.11 Å². The zero-order valence-corrected chi connectivity index (χ0v) is 16.3. The number of hydrogen-bond donors (Lipinski definition) is 1. The van der Waals surface area contributed by atoms with Crippen LogP contribution < -0.4 is 14.8 Å². The fourth-order valence-corrected chi connectivity index (χ4v) is 4.20. The van der Waals surface area contributed by atoms with Crippen molar-refractivity contribution in [1.29, 1.82) is 0 Å². The summed E-state index contributed by atoms with van der Waals surface area (Å²) in [5, 5.41) is 3.23. The van der Waals surface area contributed by atoms with Crippen LogP contribution in [0, 0.1) is 0 Å². The maximum absolute atomic E-state index is 13.0. The van der Waals surface area contributed by atoms with E-state index in [1.165, 1.54) is 24.0 Å². The zero-order valence-electron chi connectivity index (χ0n) is 16.3. The van der Waals surface area contributed by atoms with Gasteiger partial charge in [-0.1, -0.05) is 6.07 Å². The first kappa shape index (κ1) is 17.9. The highest BCUT2D eigenvalue weighted by Gasteiger charge is 2.35. The first-order chi connectivity index (χ1) is 12.9. The molecular formula is C23H27NO3. The molecule has 4 rings (SSSR count). The van der Waals surface area contributed by atoms with Crippen molar-refractivity contribution in [3.63, 3.8) is 0 Å². The van der Waals surface area contributed by atoms with Crippen LogP contribution >= 0.6 is 0 Å². The molecule has 1 N–H and O–H groups in total. The summed E-state index contributed by atoms with van der Waals surface area (Å²) in [5.74, 6) is 1.51. The number of carbonyl (C=O) groups excluding carboxylic acids is 1. The highest BCUT2D eigenvalue weighted by Crippen LogP contribution is 2.41. The molecule has 1 atom stereocenters. The van der Waals surface area contributed by atoms with Gasteiger partial charge in [-0.3, -0.25) is 4.79 Å². The van der Waals surface area contributed by atoms with E-state index in [0.29, 0.717) is 0 Å². The molecule has 27 heavy (non-hydrogen) atoms. The standard InChI is InChI=1S/C23H27NO3/c1-23(2)14-20(19-11-10-18(26-3)13-21(19)27-23)24-22(25)17-9-8-15-6-4-5-7-16(15)12-17/h8-13,20H,4-7,14H2,1-3H3,(H,24,25)/t20-/m1/s1. The third-order valence-electron chi connectivity index (χ3n) is 5.59. The average Bonchev–Trinajstić information content (AvgIpc) is 2.66. The van der Waals surface area contributed by atoms with Crippen LogP contribution in [0.3, 0.4) is 0 Å². The normalized spacial score (nSPS) is 20.0. The summed E-state index contributed by atoms with van der Waals surface area (Å²) in [6.07, 6.45) is 5.38. The minimum atomic E-state index is -0.354. The Bertz CT molecular complexity index is 872. The van der Waals surface area contributed by atoms with E-state index in [1.807, 2.05) is 38.1 Å². The van der Waals surface area contributed by atoms with Gasteiger partial charge in [0.1, 0.15) is 17.1 Å². The third-order valence-corrected chi connectivity index (χ3v) is 5.59. The van der Waals surface area contributed by atoms with Gasteiger partial charge in [0.15, 0.2) is 0 Å². The van der Waals surface area contributed by atoms with Crippen molar-refractivity contribution in [2.24, 2.45) is 0 Å². The molecule has 0 saturated heterocycles. The summed E-state index contributed by atoms with van der Waals surface area (Å²) in [4.78, 5) is 13.0. The second kappa shape index (κ2) is 6.91. The second-order valence-electron chi connectivity index (χ2n) is 8.19. The van der Waals surface area contributed by atoms with E-state index < -0.39 is 0 Å². The average molecular weight is 365 g/mol. The second-order valence-corrected chi connectivity index (χ2v) is 8.19. The van der Waals surface area contributed by atoms with Gasteiger partial charge in [-0.25, -0.2) is 0 Å². The van der Waals surface area contributed by atoms with Crippen LogP contribution in [0.2, 0.25) is 0 Å². The molecule has 1 amide bonds. The Labute approximate surface area is 160 Å². The van der Waals surface area contributed by atoms with Crippen LogP contribution in [0.25, 0.3) is 0 Å². The largest absolute Gasteiger partial charge is 0.497 e.